The molecular weight excluding hydrogens is 376 g/mol. The van der Waals surface area contributed by atoms with Crippen LogP contribution in [-0.4, -0.2) is 25.2 Å². The van der Waals surface area contributed by atoms with E-state index in [4.69, 9.17) is 9.47 Å². The van der Waals surface area contributed by atoms with Crippen LogP contribution in [0.3, 0.4) is 0 Å². The fourth-order valence-electron chi connectivity index (χ4n) is 3.47. The van der Waals surface area contributed by atoms with Gasteiger partial charge >= 0.3 is 11.9 Å². The molecule has 0 aromatic carbocycles. The maximum atomic E-state index is 11.8. The number of carbonyl (C=O) groups excluding carboxylic acids is 2. The Balaban J connectivity index is 3.46. The first kappa shape index (κ1) is 28.9. The molecular formula is C26H50O4. The third-order valence-corrected chi connectivity index (χ3v) is 5.53. The summed E-state index contributed by atoms with van der Waals surface area (Å²) in [4.78, 5) is 23.6. The molecule has 0 rings (SSSR count). The number of ether oxygens (including phenoxy) is 2. The summed E-state index contributed by atoms with van der Waals surface area (Å²) in [5, 5.41) is 0. The van der Waals surface area contributed by atoms with E-state index in [1.165, 1.54) is 77.0 Å². The summed E-state index contributed by atoms with van der Waals surface area (Å²) < 4.78 is 10.6. The lowest BCUT2D eigenvalue weighted by Gasteiger charge is -2.13. The molecule has 0 radical (unpaired) electrons. The predicted molar refractivity (Wildman–Crippen MR) is 126 cm³/mol. The average molecular weight is 427 g/mol. The molecule has 4 nitrogen and oxygen atoms in total. The normalized spacial score (nSPS) is 12.0. The van der Waals surface area contributed by atoms with Crippen LogP contribution in [-0.2, 0) is 19.1 Å². The van der Waals surface area contributed by atoms with E-state index in [1.54, 1.807) is 0 Å². The van der Waals surface area contributed by atoms with E-state index in [9.17, 15) is 9.59 Å². The van der Waals surface area contributed by atoms with Crippen molar-refractivity contribution < 1.29 is 19.1 Å². The van der Waals surface area contributed by atoms with Crippen LogP contribution in [0.4, 0.5) is 0 Å². The lowest BCUT2D eigenvalue weighted by Crippen LogP contribution is -2.18. The second-order valence-electron chi connectivity index (χ2n) is 8.92. The lowest BCUT2D eigenvalue weighted by atomic mass is 10.1. The van der Waals surface area contributed by atoms with E-state index in [0.717, 1.165) is 25.7 Å². The van der Waals surface area contributed by atoms with Crippen LogP contribution in [0.15, 0.2) is 0 Å². The number of hydrogen-bond donors (Lipinski definition) is 0. The molecule has 0 spiro atoms. The Morgan fingerprint density at radius 2 is 0.833 bits per heavy atom. The van der Waals surface area contributed by atoms with Crippen molar-refractivity contribution in [1.29, 1.82) is 0 Å². The molecule has 0 saturated carbocycles. The van der Waals surface area contributed by atoms with Crippen molar-refractivity contribution in [2.24, 2.45) is 5.92 Å². The van der Waals surface area contributed by atoms with E-state index in [2.05, 4.69) is 13.8 Å². The molecule has 30 heavy (non-hydrogen) atoms. The molecule has 0 bridgehead atoms. The molecule has 0 aliphatic rings. The highest BCUT2D eigenvalue weighted by atomic mass is 16.5. The fraction of sp³-hybridized carbons (Fsp3) is 0.923. The van der Waals surface area contributed by atoms with Crippen molar-refractivity contribution in [3.05, 3.63) is 0 Å². The predicted octanol–water partition coefficient (Wildman–Crippen LogP) is 7.77. The van der Waals surface area contributed by atoms with Crippen LogP contribution < -0.4 is 0 Å². The fourth-order valence-corrected chi connectivity index (χ4v) is 3.47. The molecule has 178 valence electrons. The summed E-state index contributed by atoms with van der Waals surface area (Å²) in [6.45, 7) is 7.08. The Kier molecular flexibility index (Phi) is 21.8. The quantitative estimate of drug-likeness (QED) is 0.131. The average Bonchev–Trinajstić information content (AvgIpc) is 2.74. The first-order valence-corrected chi connectivity index (χ1v) is 12.9. The van der Waals surface area contributed by atoms with E-state index in [1.807, 2.05) is 6.92 Å². The van der Waals surface area contributed by atoms with Gasteiger partial charge < -0.3 is 9.47 Å². The van der Waals surface area contributed by atoms with Gasteiger partial charge in [-0.15, -0.1) is 0 Å². The molecule has 0 fully saturated rings. The van der Waals surface area contributed by atoms with Crippen molar-refractivity contribution in [2.45, 2.75) is 136 Å². The Labute approximate surface area is 186 Å². The van der Waals surface area contributed by atoms with Gasteiger partial charge in [0.25, 0.3) is 0 Å². The Bertz CT molecular complexity index is 394. The number of esters is 2. The summed E-state index contributed by atoms with van der Waals surface area (Å²) in [7, 11) is 0. The first-order valence-electron chi connectivity index (χ1n) is 12.9. The second kappa shape index (κ2) is 22.6. The van der Waals surface area contributed by atoms with Crippen molar-refractivity contribution in [3.63, 3.8) is 0 Å². The summed E-state index contributed by atoms with van der Waals surface area (Å²) >= 11 is 0. The van der Waals surface area contributed by atoms with E-state index in [-0.39, 0.29) is 17.9 Å². The molecule has 0 amide bonds. The highest BCUT2D eigenvalue weighted by Crippen LogP contribution is 2.12. The summed E-state index contributed by atoms with van der Waals surface area (Å²) in [6, 6.07) is 0. The van der Waals surface area contributed by atoms with Gasteiger partial charge in [0.05, 0.1) is 13.2 Å². The zero-order valence-electron chi connectivity index (χ0n) is 20.4. The molecule has 0 N–H and O–H groups in total. The number of hydrogen-bond acceptors (Lipinski definition) is 4. The van der Waals surface area contributed by atoms with E-state index >= 15 is 0 Å². The molecule has 0 aliphatic heterocycles. The second-order valence-corrected chi connectivity index (χ2v) is 8.92. The topological polar surface area (TPSA) is 52.6 Å². The largest absolute Gasteiger partial charge is 0.465 e. The van der Waals surface area contributed by atoms with Crippen LogP contribution in [0.25, 0.3) is 0 Å². The van der Waals surface area contributed by atoms with Gasteiger partial charge in [-0.2, -0.15) is 0 Å². The molecule has 0 aromatic heterocycles. The zero-order chi connectivity index (χ0) is 22.3. The standard InChI is InChI=1S/C26H50O4/c1-4-6-8-10-12-13-15-17-19-21-26(28)30-23-24(3)22-29-25(27)20-18-16-14-11-9-7-5-2/h24H,4-23H2,1-3H3. The minimum atomic E-state index is -0.128. The number of carbonyl (C=O) groups is 2. The van der Waals surface area contributed by atoms with Crippen LogP contribution in [0.2, 0.25) is 0 Å². The highest BCUT2D eigenvalue weighted by Gasteiger charge is 2.10. The SMILES string of the molecule is CCCCCCCCCCCC(=O)OCC(C)COC(=O)CCCCCCCCC. The summed E-state index contributed by atoms with van der Waals surface area (Å²) in [5.74, 6) is -0.203. The molecule has 1 unspecified atom stereocenters. The number of rotatable bonds is 22. The van der Waals surface area contributed by atoms with Gasteiger partial charge in [0.1, 0.15) is 0 Å². The van der Waals surface area contributed by atoms with Gasteiger partial charge in [-0.05, 0) is 12.8 Å². The van der Waals surface area contributed by atoms with Gasteiger partial charge in [0.2, 0.25) is 0 Å². The van der Waals surface area contributed by atoms with E-state index in [0.29, 0.717) is 26.1 Å². The smallest absolute Gasteiger partial charge is 0.305 e. The Morgan fingerprint density at radius 3 is 1.17 bits per heavy atom. The minimum absolute atomic E-state index is 0.0510. The van der Waals surface area contributed by atoms with Crippen molar-refractivity contribution in [2.75, 3.05) is 13.2 Å². The molecule has 0 heterocycles. The maximum absolute atomic E-state index is 11.8. The van der Waals surface area contributed by atoms with Crippen LogP contribution in [0.1, 0.15) is 136 Å². The van der Waals surface area contributed by atoms with Crippen LogP contribution in [0.5, 0.6) is 0 Å². The highest BCUT2D eigenvalue weighted by molar-refractivity contribution is 5.69. The number of unbranched alkanes of at least 4 members (excludes halogenated alkanes) is 14. The monoisotopic (exact) mass is 426 g/mol. The third-order valence-electron chi connectivity index (χ3n) is 5.53. The van der Waals surface area contributed by atoms with Gasteiger partial charge in [0.15, 0.2) is 0 Å². The molecule has 1 atom stereocenters. The first-order chi connectivity index (χ1) is 14.6. The van der Waals surface area contributed by atoms with Crippen molar-refractivity contribution in [3.8, 4) is 0 Å². The van der Waals surface area contributed by atoms with Gasteiger partial charge in [-0.1, -0.05) is 111 Å². The summed E-state index contributed by atoms with van der Waals surface area (Å²) in [6.07, 6.45) is 20.5. The molecule has 0 aromatic rings. The van der Waals surface area contributed by atoms with Crippen LogP contribution >= 0.6 is 0 Å². The summed E-state index contributed by atoms with van der Waals surface area (Å²) in [5.41, 5.74) is 0. The Morgan fingerprint density at radius 1 is 0.533 bits per heavy atom. The molecule has 0 aliphatic carbocycles. The van der Waals surface area contributed by atoms with Gasteiger partial charge in [-0.25, -0.2) is 0 Å². The maximum Gasteiger partial charge on any atom is 0.305 e. The lowest BCUT2D eigenvalue weighted by molar-refractivity contribution is -0.148. The van der Waals surface area contributed by atoms with Crippen molar-refractivity contribution >= 4 is 11.9 Å². The molecule has 0 saturated heterocycles. The van der Waals surface area contributed by atoms with Gasteiger partial charge in [0, 0.05) is 18.8 Å². The van der Waals surface area contributed by atoms with Crippen molar-refractivity contribution in [1.82, 2.24) is 0 Å². The zero-order valence-corrected chi connectivity index (χ0v) is 20.4. The van der Waals surface area contributed by atoms with E-state index < -0.39 is 0 Å². The minimum Gasteiger partial charge on any atom is -0.465 e. The van der Waals surface area contributed by atoms with Crippen LogP contribution in [0, 0.1) is 5.92 Å². The Hall–Kier alpha value is -1.06. The molecule has 4 heteroatoms. The third kappa shape index (κ3) is 21.6. The van der Waals surface area contributed by atoms with Gasteiger partial charge in [-0.3, -0.25) is 9.59 Å².